The van der Waals surface area contributed by atoms with Gasteiger partial charge in [-0.1, -0.05) is 0 Å². The Bertz CT molecular complexity index is 437. The maximum atomic E-state index is 11.8. The highest BCUT2D eigenvalue weighted by atomic mass is 16.2. The lowest BCUT2D eigenvalue weighted by atomic mass is 10.0. The third-order valence-corrected chi connectivity index (χ3v) is 3.46. The van der Waals surface area contributed by atoms with Crippen LogP contribution in [0.4, 0.5) is 0 Å². The van der Waals surface area contributed by atoms with Crippen molar-refractivity contribution in [1.29, 1.82) is 0 Å². The molecule has 0 aromatic carbocycles. The minimum Gasteiger partial charge on any atom is -0.351 e. The molecule has 1 aromatic heterocycles. The van der Waals surface area contributed by atoms with Crippen LogP contribution < -0.4 is 10.6 Å². The molecule has 2 aliphatic rings. The number of aryl methyl sites for hydroxylation is 2. The minimum atomic E-state index is 0.161. The second-order valence-corrected chi connectivity index (χ2v) is 4.86. The maximum absolute atomic E-state index is 11.8. The lowest BCUT2D eigenvalue weighted by molar-refractivity contribution is -0.127. The van der Waals surface area contributed by atoms with Crippen molar-refractivity contribution in [1.82, 2.24) is 25.4 Å². The molecule has 1 aromatic rings. The summed E-state index contributed by atoms with van der Waals surface area (Å²) in [6.07, 6.45) is 1.86. The molecule has 6 nitrogen and oxygen atoms in total. The van der Waals surface area contributed by atoms with Crippen LogP contribution in [-0.2, 0) is 17.8 Å². The fourth-order valence-electron chi connectivity index (χ4n) is 2.34. The summed E-state index contributed by atoms with van der Waals surface area (Å²) in [5.41, 5.74) is 0. The zero-order valence-electron chi connectivity index (χ0n) is 9.94. The zero-order chi connectivity index (χ0) is 11.8. The monoisotopic (exact) mass is 235 g/mol. The van der Waals surface area contributed by atoms with E-state index in [1.807, 2.05) is 11.6 Å². The number of hydrogen-bond acceptors (Lipinski definition) is 4. The molecule has 1 saturated heterocycles. The van der Waals surface area contributed by atoms with Gasteiger partial charge in [-0.3, -0.25) is 4.79 Å². The first-order valence-electron chi connectivity index (χ1n) is 6.14. The van der Waals surface area contributed by atoms with Crippen molar-refractivity contribution < 1.29 is 4.79 Å². The van der Waals surface area contributed by atoms with Crippen molar-refractivity contribution in [2.75, 3.05) is 13.1 Å². The van der Waals surface area contributed by atoms with E-state index in [1.54, 1.807) is 0 Å². The largest absolute Gasteiger partial charge is 0.351 e. The Morgan fingerprint density at radius 2 is 2.35 bits per heavy atom. The topological polar surface area (TPSA) is 71.8 Å². The number of carbonyl (C=O) groups excluding carboxylic acids is 1. The number of rotatable bonds is 2. The molecule has 2 aliphatic heterocycles. The summed E-state index contributed by atoms with van der Waals surface area (Å²) in [5.74, 6) is 2.19. The summed E-state index contributed by atoms with van der Waals surface area (Å²) in [7, 11) is 0. The number of nitrogens with one attached hydrogen (secondary N) is 2. The van der Waals surface area contributed by atoms with Gasteiger partial charge in [0.2, 0.25) is 5.91 Å². The molecule has 1 atom stereocenters. The van der Waals surface area contributed by atoms with Crippen LogP contribution in [0, 0.1) is 12.8 Å². The van der Waals surface area contributed by atoms with E-state index in [1.165, 1.54) is 0 Å². The summed E-state index contributed by atoms with van der Waals surface area (Å²) in [6.45, 7) is 4.28. The van der Waals surface area contributed by atoms with Crippen molar-refractivity contribution in [2.24, 2.45) is 5.92 Å². The van der Waals surface area contributed by atoms with Crippen LogP contribution in [0.25, 0.3) is 0 Å². The van der Waals surface area contributed by atoms with Gasteiger partial charge in [-0.25, -0.2) is 9.67 Å². The average Bonchev–Trinajstić information content (AvgIpc) is 2.54. The van der Waals surface area contributed by atoms with Crippen molar-refractivity contribution in [2.45, 2.75) is 32.4 Å². The van der Waals surface area contributed by atoms with Crippen molar-refractivity contribution in [3.8, 4) is 0 Å². The molecule has 1 fully saturated rings. The van der Waals surface area contributed by atoms with Gasteiger partial charge < -0.3 is 10.6 Å². The van der Waals surface area contributed by atoms with Crippen molar-refractivity contribution in [3.63, 3.8) is 0 Å². The van der Waals surface area contributed by atoms with E-state index in [2.05, 4.69) is 20.7 Å². The van der Waals surface area contributed by atoms with Crippen LogP contribution in [0.3, 0.4) is 0 Å². The smallest absolute Gasteiger partial charge is 0.225 e. The SMILES string of the molecule is Cc1nc2n(n1)CC(NC(=O)C1CNC1)CC2. The summed E-state index contributed by atoms with van der Waals surface area (Å²) >= 11 is 0. The quantitative estimate of drug-likeness (QED) is 0.706. The van der Waals surface area contributed by atoms with Gasteiger partial charge >= 0.3 is 0 Å². The number of aromatic nitrogens is 3. The Morgan fingerprint density at radius 1 is 1.53 bits per heavy atom. The zero-order valence-corrected chi connectivity index (χ0v) is 9.94. The minimum absolute atomic E-state index is 0.161. The molecule has 6 heteroatoms. The van der Waals surface area contributed by atoms with Gasteiger partial charge in [-0.05, 0) is 13.3 Å². The summed E-state index contributed by atoms with van der Waals surface area (Å²) in [6, 6.07) is 0.205. The fourth-order valence-corrected chi connectivity index (χ4v) is 2.34. The van der Waals surface area contributed by atoms with E-state index < -0.39 is 0 Å². The van der Waals surface area contributed by atoms with Crippen LogP contribution in [0.2, 0.25) is 0 Å². The second-order valence-electron chi connectivity index (χ2n) is 4.86. The molecule has 3 rings (SSSR count). The Morgan fingerprint density at radius 3 is 3.06 bits per heavy atom. The van der Waals surface area contributed by atoms with Crippen LogP contribution >= 0.6 is 0 Å². The van der Waals surface area contributed by atoms with Gasteiger partial charge in [0.15, 0.2) is 0 Å². The summed E-state index contributed by atoms with van der Waals surface area (Å²) in [5, 5.41) is 10.5. The van der Waals surface area contributed by atoms with E-state index in [0.29, 0.717) is 0 Å². The first-order valence-corrected chi connectivity index (χ1v) is 6.14. The molecular formula is C11H17N5O. The molecule has 2 N–H and O–H groups in total. The third-order valence-electron chi connectivity index (χ3n) is 3.46. The van der Waals surface area contributed by atoms with Gasteiger partial charge in [0.1, 0.15) is 11.6 Å². The Kier molecular flexibility index (Phi) is 2.58. The standard InChI is InChI=1S/C11H17N5O/c1-7-13-10-3-2-9(6-16(10)15-7)14-11(17)8-4-12-5-8/h8-9,12H,2-6H2,1H3,(H,14,17). The average molecular weight is 235 g/mol. The third kappa shape index (κ3) is 2.04. The van der Waals surface area contributed by atoms with E-state index in [0.717, 1.165) is 44.1 Å². The maximum Gasteiger partial charge on any atom is 0.225 e. The normalized spacial score (nSPS) is 23.9. The van der Waals surface area contributed by atoms with E-state index in [-0.39, 0.29) is 17.9 Å². The predicted molar refractivity (Wildman–Crippen MR) is 61.4 cm³/mol. The summed E-state index contributed by atoms with van der Waals surface area (Å²) in [4.78, 5) is 16.2. The molecule has 0 aliphatic carbocycles. The molecule has 92 valence electrons. The first-order chi connectivity index (χ1) is 8.22. The Hall–Kier alpha value is -1.43. The first kappa shape index (κ1) is 10.7. The molecule has 1 amide bonds. The fraction of sp³-hybridized carbons (Fsp3) is 0.727. The van der Waals surface area contributed by atoms with Crippen molar-refractivity contribution >= 4 is 5.91 Å². The highest BCUT2D eigenvalue weighted by molar-refractivity contribution is 5.80. The van der Waals surface area contributed by atoms with Crippen molar-refractivity contribution in [3.05, 3.63) is 11.6 Å². The Balaban J connectivity index is 1.61. The number of fused-ring (bicyclic) bond motifs is 1. The number of hydrogen-bond donors (Lipinski definition) is 2. The molecule has 1 unspecified atom stereocenters. The lowest BCUT2D eigenvalue weighted by Crippen LogP contribution is -2.53. The molecule has 17 heavy (non-hydrogen) atoms. The molecule has 3 heterocycles. The Labute approximate surface area is 99.8 Å². The highest BCUT2D eigenvalue weighted by Gasteiger charge is 2.28. The van der Waals surface area contributed by atoms with Crippen LogP contribution in [0.5, 0.6) is 0 Å². The highest BCUT2D eigenvalue weighted by Crippen LogP contribution is 2.13. The van der Waals surface area contributed by atoms with Gasteiger partial charge in [0.25, 0.3) is 0 Å². The number of nitrogens with zero attached hydrogens (tertiary/aromatic N) is 3. The van der Waals surface area contributed by atoms with E-state index >= 15 is 0 Å². The van der Waals surface area contributed by atoms with Gasteiger partial charge in [-0.2, -0.15) is 5.10 Å². The van der Waals surface area contributed by atoms with Crippen LogP contribution in [0.1, 0.15) is 18.1 Å². The van der Waals surface area contributed by atoms with Crippen LogP contribution in [-0.4, -0.2) is 39.8 Å². The second kappa shape index (κ2) is 4.10. The van der Waals surface area contributed by atoms with Gasteiger partial charge in [-0.15, -0.1) is 0 Å². The van der Waals surface area contributed by atoms with Gasteiger partial charge in [0.05, 0.1) is 12.5 Å². The van der Waals surface area contributed by atoms with E-state index in [4.69, 9.17) is 0 Å². The molecular weight excluding hydrogens is 218 g/mol. The van der Waals surface area contributed by atoms with E-state index in [9.17, 15) is 4.79 Å². The molecule has 0 saturated carbocycles. The predicted octanol–water partition coefficient (Wildman–Crippen LogP) is -0.763. The lowest BCUT2D eigenvalue weighted by Gasteiger charge is -2.30. The molecule has 0 radical (unpaired) electrons. The molecule has 0 bridgehead atoms. The molecule has 0 spiro atoms. The number of amides is 1. The van der Waals surface area contributed by atoms with Crippen LogP contribution in [0.15, 0.2) is 0 Å². The summed E-state index contributed by atoms with van der Waals surface area (Å²) < 4.78 is 1.92. The van der Waals surface area contributed by atoms with Gasteiger partial charge in [0, 0.05) is 25.6 Å². The number of carbonyl (C=O) groups is 1.